The van der Waals surface area contributed by atoms with Gasteiger partial charge in [-0.15, -0.1) is 4.73 Å². The van der Waals surface area contributed by atoms with Gasteiger partial charge in [-0.3, -0.25) is 4.79 Å². The van der Waals surface area contributed by atoms with E-state index in [-0.39, 0.29) is 25.7 Å². The molecule has 1 heterocycles. The quantitative estimate of drug-likeness (QED) is 0.586. The first kappa shape index (κ1) is 19.5. The van der Waals surface area contributed by atoms with Crippen LogP contribution < -0.4 is 10.4 Å². The summed E-state index contributed by atoms with van der Waals surface area (Å²) in [5, 5.41) is -0.293. The van der Waals surface area contributed by atoms with Gasteiger partial charge in [0, 0.05) is 10.0 Å². The average Bonchev–Trinajstić information content (AvgIpc) is 2.57. The maximum atomic E-state index is 13.4. The van der Waals surface area contributed by atoms with Gasteiger partial charge in [0.25, 0.3) is 11.4 Å². The second kappa shape index (κ2) is 7.03. The first-order valence-electron chi connectivity index (χ1n) is 7.05. The third-order valence-corrected chi connectivity index (χ3v) is 4.12. The summed E-state index contributed by atoms with van der Waals surface area (Å²) in [5.74, 6) is -2.96. The summed E-state index contributed by atoms with van der Waals surface area (Å²) in [6.07, 6.45) is -5.10. The molecule has 0 saturated carbocycles. The number of fused-ring (bicyclic) bond motifs is 1. The number of rotatable bonds is 2. The van der Waals surface area contributed by atoms with Gasteiger partial charge < -0.3 is 4.84 Å². The van der Waals surface area contributed by atoms with Gasteiger partial charge >= 0.3 is 12.1 Å². The summed E-state index contributed by atoms with van der Waals surface area (Å²) in [7, 11) is 0. The van der Waals surface area contributed by atoms with Crippen LogP contribution in [-0.4, -0.2) is 15.7 Å². The minimum atomic E-state index is -5.10. The van der Waals surface area contributed by atoms with Crippen molar-refractivity contribution < 1.29 is 22.8 Å². The Morgan fingerprint density at radius 3 is 2.26 bits per heavy atom. The minimum absolute atomic E-state index is 0.00161. The molecule has 3 rings (SSSR count). The molecular weight excluding hydrogens is 432 g/mol. The fourth-order valence-corrected chi connectivity index (χ4v) is 2.85. The molecule has 0 saturated heterocycles. The van der Waals surface area contributed by atoms with Crippen molar-refractivity contribution in [2.45, 2.75) is 6.18 Å². The molecule has 27 heavy (non-hydrogen) atoms. The number of carbonyl (C=O) groups excluding carboxylic acids is 1. The molecule has 140 valence electrons. The molecular formula is C16H6Cl3F3N2O3. The molecule has 0 amide bonds. The van der Waals surface area contributed by atoms with Gasteiger partial charge in [-0.1, -0.05) is 34.8 Å². The van der Waals surface area contributed by atoms with Gasteiger partial charge in [-0.25, -0.2) is 9.78 Å². The Balaban J connectivity index is 2.21. The molecule has 0 unspecified atom stereocenters. The van der Waals surface area contributed by atoms with Crippen LogP contribution in [0.15, 0.2) is 41.2 Å². The molecule has 0 spiro atoms. The monoisotopic (exact) mass is 436 g/mol. The molecule has 0 N–H and O–H groups in total. The summed E-state index contributed by atoms with van der Waals surface area (Å²) < 4.78 is 39.9. The summed E-state index contributed by atoms with van der Waals surface area (Å²) in [6, 6.07) is 7.34. The number of halogens is 6. The van der Waals surface area contributed by atoms with E-state index in [1.54, 1.807) is 0 Å². The molecule has 0 aliphatic rings. The Labute approximate surface area is 163 Å². The molecule has 11 heteroatoms. The van der Waals surface area contributed by atoms with Crippen LogP contribution >= 0.6 is 34.8 Å². The van der Waals surface area contributed by atoms with E-state index < -0.39 is 29.0 Å². The molecule has 0 aliphatic heterocycles. The van der Waals surface area contributed by atoms with Gasteiger partial charge in [0.1, 0.15) is 0 Å². The van der Waals surface area contributed by atoms with E-state index in [9.17, 15) is 22.8 Å². The highest BCUT2D eigenvalue weighted by Crippen LogP contribution is 2.30. The van der Waals surface area contributed by atoms with E-state index in [1.807, 2.05) is 0 Å². The Bertz CT molecular complexity index is 1110. The second-order valence-electron chi connectivity index (χ2n) is 5.20. The number of hydrogen-bond acceptors (Lipinski definition) is 4. The van der Waals surface area contributed by atoms with Crippen molar-refractivity contribution in [3.05, 3.63) is 73.2 Å². The molecule has 1 aromatic heterocycles. The lowest BCUT2D eigenvalue weighted by molar-refractivity contribution is -0.154. The third-order valence-electron chi connectivity index (χ3n) is 3.36. The zero-order chi connectivity index (χ0) is 19.9. The molecule has 0 bridgehead atoms. The lowest BCUT2D eigenvalue weighted by Gasteiger charge is -2.15. The van der Waals surface area contributed by atoms with Gasteiger partial charge in [0.05, 0.1) is 21.5 Å². The van der Waals surface area contributed by atoms with E-state index >= 15 is 0 Å². The van der Waals surface area contributed by atoms with Gasteiger partial charge in [-0.05, 0) is 36.4 Å². The molecule has 2 aromatic carbocycles. The number of hydrogen-bond donors (Lipinski definition) is 0. The predicted octanol–water partition coefficient (Wildman–Crippen LogP) is 4.64. The number of nitrogens with zero attached hydrogens (tertiary/aromatic N) is 2. The lowest BCUT2D eigenvalue weighted by atomic mass is 10.2. The number of alkyl halides is 3. The van der Waals surface area contributed by atoms with E-state index in [0.717, 1.165) is 12.1 Å². The normalized spacial score (nSPS) is 11.6. The van der Waals surface area contributed by atoms with Crippen molar-refractivity contribution in [2.24, 2.45) is 0 Å². The average molecular weight is 438 g/mol. The Kier molecular flexibility index (Phi) is 5.07. The zero-order valence-corrected chi connectivity index (χ0v) is 15.1. The molecule has 0 atom stereocenters. The molecule has 0 aliphatic carbocycles. The lowest BCUT2D eigenvalue weighted by Crippen LogP contribution is -2.37. The van der Waals surface area contributed by atoms with Crippen molar-refractivity contribution in [1.29, 1.82) is 0 Å². The Morgan fingerprint density at radius 2 is 1.67 bits per heavy atom. The minimum Gasteiger partial charge on any atom is -0.326 e. The van der Waals surface area contributed by atoms with Gasteiger partial charge in [-0.2, -0.15) is 13.2 Å². The highest BCUT2D eigenvalue weighted by molar-refractivity contribution is 6.38. The van der Waals surface area contributed by atoms with E-state index in [2.05, 4.69) is 9.82 Å². The van der Waals surface area contributed by atoms with Crippen LogP contribution in [0.5, 0.6) is 0 Å². The van der Waals surface area contributed by atoms with Gasteiger partial charge in [0.15, 0.2) is 0 Å². The number of carbonyl (C=O) groups is 1. The number of benzene rings is 2. The molecule has 0 radical (unpaired) electrons. The highest BCUT2D eigenvalue weighted by Gasteiger charge is 2.39. The predicted molar refractivity (Wildman–Crippen MR) is 93.4 cm³/mol. The highest BCUT2D eigenvalue weighted by atomic mass is 35.5. The maximum absolute atomic E-state index is 13.4. The topological polar surface area (TPSA) is 61.2 Å². The summed E-state index contributed by atoms with van der Waals surface area (Å²) in [6.45, 7) is 0. The Hall–Kier alpha value is -2.29. The van der Waals surface area contributed by atoms with Crippen molar-refractivity contribution >= 4 is 51.7 Å². The smallest absolute Gasteiger partial charge is 0.326 e. The molecule has 0 fully saturated rings. The van der Waals surface area contributed by atoms with Crippen molar-refractivity contribution in [3.63, 3.8) is 0 Å². The van der Waals surface area contributed by atoms with E-state index in [4.69, 9.17) is 34.8 Å². The fraction of sp³-hybridized carbons (Fsp3) is 0.0625. The van der Waals surface area contributed by atoms with Crippen LogP contribution in [0.3, 0.4) is 0 Å². The van der Waals surface area contributed by atoms with Gasteiger partial charge in [0.2, 0.25) is 0 Å². The van der Waals surface area contributed by atoms with Crippen LogP contribution in [0, 0.1) is 0 Å². The molecule has 3 aromatic rings. The van der Waals surface area contributed by atoms with Crippen molar-refractivity contribution in [1.82, 2.24) is 9.71 Å². The van der Waals surface area contributed by atoms with Crippen LogP contribution in [0.4, 0.5) is 13.2 Å². The zero-order valence-electron chi connectivity index (χ0n) is 12.9. The summed E-state index contributed by atoms with van der Waals surface area (Å²) >= 11 is 17.3. The second-order valence-corrected chi connectivity index (χ2v) is 6.48. The van der Waals surface area contributed by atoms with Crippen LogP contribution in [0.2, 0.25) is 15.1 Å². The SMILES string of the molecule is O=C(On1c(C(F)(F)F)nc2c(Cl)cc(Cl)cc2c1=O)c1ccc(Cl)cc1. The summed E-state index contributed by atoms with van der Waals surface area (Å²) in [5.41, 5.74) is -1.83. The maximum Gasteiger partial charge on any atom is 0.453 e. The first-order chi connectivity index (χ1) is 12.6. The standard InChI is InChI=1S/C16H6Cl3F3N2O3/c17-8-3-1-7(2-4-8)14(26)27-24-13(25)10-5-9(18)6-11(19)12(10)23-15(24)16(20,21)22/h1-6H. The summed E-state index contributed by atoms with van der Waals surface area (Å²) in [4.78, 5) is 32.7. The van der Waals surface area contributed by atoms with E-state index in [0.29, 0.717) is 5.02 Å². The Morgan fingerprint density at radius 1 is 1.04 bits per heavy atom. The fourth-order valence-electron chi connectivity index (χ4n) is 2.18. The van der Waals surface area contributed by atoms with Crippen molar-refractivity contribution in [3.8, 4) is 0 Å². The molecule has 5 nitrogen and oxygen atoms in total. The number of aromatic nitrogens is 2. The third kappa shape index (κ3) is 3.87. The van der Waals surface area contributed by atoms with Crippen LogP contribution in [0.25, 0.3) is 10.9 Å². The van der Waals surface area contributed by atoms with Crippen LogP contribution in [0.1, 0.15) is 16.2 Å². The van der Waals surface area contributed by atoms with E-state index in [1.165, 1.54) is 24.3 Å². The van der Waals surface area contributed by atoms with Crippen molar-refractivity contribution in [2.75, 3.05) is 0 Å². The largest absolute Gasteiger partial charge is 0.453 e. The first-order valence-corrected chi connectivity index (χ1v) is 8.18. The van der Waals surface area contributed by atoms with Crippen LogP contribution in [-0.2, 0) is 6.18 Å².